The minimum absolute atomic E-state index is 0.0925. The van der Waals surface area contributed by atoms with Crippen LogP contribution < -0.4 is 5.11 Å². The largest absolute Gasteiger partial charge is 0.548 e. The predicted octanol–water partition coefficient (Wildman–Crippen LogP) is 0.0293. The maximum absolute atomic E-state index is 12.0. The Morgan fingerprint density at radius 1 is 1.29 bits per heavy atom. The van der Waals surface area contributed by atoms with E-state index in [1.54, 1.807) is 24.3 Å². The Morgan fingerprint density at radius 3 is 2.33 bits per heavy atom. The number of carboxylic acid groups (broad SMARTS) is 1. The first-order valence-electron chi connectivity index (χ1n) is 6.34. The fraction of sp³-hybridized carbons (Fsp3) is 0.267. The number of ketones is 1. The number of aryl methyl sites for hydroxylation is 1. The highest BCUT2D eigenvalue weighted by Crippen LogP contribution is 2.37. The van der Waals surface area contributed by atoms with Crippen molar-refractivity contribution in [2.45, 2.75) is 19.9 Å². The maximum atomic E-state index is 12.0. The lowest BCUT2D eigenvalue weighted by Gasteiger charge is -2.26. The topological polar surface area (TPSA) is 97.7 Å². The van der Waals surface area contributed by atoms with Crippen LogP contribution in [0.25, 0.3) is 0 Å². The summed E-state index contributed by atoms with van der Waals surface area (Å²) >= 11 is 0. The van der Waals surface area contributed by atoms with Gasteiger partial charge in [0.2, 0.25) is 0 Å². The molecule has 1 amide bonds. The zero-order valence-electron chi connectivity index (χ0n) is 11.6. The van der Waals surface area contributed by atoms with Gasteiger partial charge in [-0.3, -0.25) is 9.59 Å². The number of rotatable bonds is 4. The lowest BCUT2D eigenvalue weighted by molar-refractivity contribution is -0.306. The van der Waals surface area contributed by atoms with Crippen LogP contribution in [0.3, 0.4) is 0 Å². The molecule has 0 fully saturated rings. The molecule has 110 valence electrons. The third kappa shape index (κ3) is 2.65. The Bertz CT molecular complexity index is 645. The number of aliphatic carboxylic acids is 1. The summed E-state index contributed by atoms with van der Waals surface area (Å²) in [6.45, 7) is 2.41. The van der Waals surface area contributed by atoms with E-state index in [9.17, 15) is 24.6 Å². The highest BCUT2D eigenvalue weighted by molar-refractivity contribution is 6.08. The summed E-state index contributed by atoms with van der Waals surface area (Å²) in [6, 6.07) is 6.04. The summed E-state index contributed by atoms with van der Waals surface area (Å²) < 4.78 is 0. The summed E-state index contributed by atoms with van der Waals surface area (Å²) in [7, 11) is 0. The van der Waals surface area contributed by atoms with Gasteiger partial charge in [0.1, 0.15) is 0 Å². The second-order valence-corrected chi connectivity index (χ2v) is 4.94. The van der Waals surface area contributed by atoms with E-state index >= 15 is 0 Å². The summed E-state index contributed by atoms with van der Waals surface area (Å²) in [5.74, 6) is -3.52. The molecule has 21 heavy (non-hydrogen) atoms. The molecular weight excluding hydrogens is 274 g/mol. The summed E-state index contributed by atoms with van der Waals surface area (Å²) in [6.07, 6.45) is 0. The number of carboxylic acids is 1. The van der Waals surface area contributed by atoms with Crippen molar-refractivity contribution in [3.05, 3.63) is 46.7 Å². The number of benzene rings is 1. The van der Waals surface area contributed by atoms with Crippen LogP contribution >= 0.6 is 0 Å². The fourth-order valence-corrected chi connectivity index (χ4v) is 2.41. The van der Waals surface area contributed by atoms with E-state index < -0.39 is 36.0 Å². The number of carbonyl (C=O) groups excluding carboxylic acids is 3. The van der Waals surface area contributed by atoms with Gasteiger partial charge >= 0.3 is 0 Å². The maximum Gasteiger partial charge on any atom is 0.290 e. The van der Waals surface area contributed by atoms with Gasteiger partial charge in [-0.1, -0.05) is 29.8 Å². The van der Waals surface area contributed by atoms with Crippen LogP contribution in [0, 0.1) is 6.92 Å². The zero-order chi connectivity index (χ0) is 15.7. The van der Waals surface area contributed by atoms with Gasteiger partial charge in [-0.05, 0) is 19.4 Å². The lowest BCUT2D eigenvalue weighted by atomic mass is 9.96. The van der Waals surface area contributed by atoms with E-state index in [0.717, 1.165) is 10.5 Å². The number of hydrogen-bond donors (Lipinski definition) is 1. The van der Waals surface area contributed by atoms with E-state index in [-0.39, 0.29) is 5.57 Å². The zero-order valence-corrected chi connectivity index (χ0v) is 11.6. The molecule has 0 radical (unpaired) electrons. The van der Waals surface area contributed by atoms with Crippen LogP contribution in [0.4, 0.5) is 0 Å². The first kappa shape index (κ1) is 14.8. The lowest BCUT2D eigenvalue weighted by Crippen LogP contribution is -2.41. The number of amides is 1. The quantitative estimate of drug-likeness (QED) is 0.843. The molecule has 0 saturated heterocycles. The van der Waals surface area contributed by atoms with Gasteiger partial charge in [0, 0.05) is 0 Å². The molecule has 6 heteroatoms. The standard InChI is InChI=1S/C15H15NO5/c1-8-3-5-10(6-4-8)13-12(9(2)17)14(20)15(21)16(13)7-11(18)19/h3-6,13,20H,7H2,1-2H3,(H,18,19)/p-1/t13-/m0/s1. The Morgan fingerprint density at radius 2 is 1.86 bits per heavy atom. The van der Waals surface area contributed by atoms with E-state index in [1.807, 2.05) is 6.92 Å². The molecule has 0 aliphatic carbocycles. The molecule has 1 atom stereocenters. The first-order valence-corrected chi connectivity index (χ1v) is 6.34. The van der Waals surface area contributed by atoms with Gasteiger partial charge in [0.15, 0.2) is 11.5 Å². The van der Waals surface area contributed by atoms with Gasteiger partial charge in [-0.25, -0.2) is 0 Å². The van der Waals surface area contributed by atoms with Crippen LogP contribution in [0.1, 0.15) is 24.1 Å². The van der Waals surface area contributed by atoms with E-state index in [4.69, 9.17) is 0 Å². The Hall–Kier alpha value is -2.63. The normalized spacial score (nSPS) is 18.3. The fourth-order valence-electron chi connectivity index (χ4n) is 2.41. The molecule has 2 rings (SSSR count). The number of hydrogen-bond acceptors (Lipinski definition) is 5. The molecule has 0 saturated carbocycles. The molecule has 6 nitrogen and oxygen atoms in total. The Balaban J connectivity index is 2.53. The van der Waals surface area contributed by atoms with Crippen LogP contribution in [0.15, 0.2) is 35.6 Å². The van der Waals surface area contributed by atoms with Crippen molar-refractivity contribution in [3.8, 4) is 0 Å². The minimum atomic E-state index is -1.46. The average Bonchev–Trinajstić information content (AvgIpc) is 2.64. The van der Waals surface area contributed by atoms with Gasteiger partial charge in [0.05, 0.1) is 24.1 Å². The molecule has 1 N–H and O–H groups in total. The molecule has 1 aromatic carbocycles. The number of aliphatic hydroxyl groups is 1. The molecule has 0 spiro atoms. The molecular formula is C15H14NO5-. The monoisotopic (exact) mass is 288 g/mol. The Labute approximate surface area is 121 Å². The summed E-state index contributed by atoms with van der Waals surface area (Å²) in [4.78, 5) is 35.5. The highest BCUT2D eigenvalue weighted by Gasteiger charge is 2.42. The number of aliphatic hydroxyl groups excluding tert-OH is 1. The first-order chi connectivity index (χ1) is 9.82. The van der Waals surface area contributed by atoms with Gasteiger partial charge < -0.3 is 19.9 Å². The molecule has 0 bridgehead atoms. The van der Waals surface area contributed by atoms with Gasteiger partial charge in [-0.2, -0.15) is 0 Å². The molecule has 0 aromatic heterocycles. The number of nitrogens with zero attached hydrogens (tertiary/aromatic N) is 1. The number of Topliss-reactive ketones (excluding diaryl/α,β-unsaturated/α-hetero) is 1. The molecule has 1 aromatic rings. The van der Waals surface area contributed by atoms with Crippen LogP contribution in [-0.2, 0) is 14.4 Å². The van der Waals surface area contributed by atoms with Gasteiger partial charge in [-0.15, -0.1) is 0 Å². The van der Waals surface area contributed by atoms with Crippen molar-refractivity contribution in [3.63, 3.8) is 0 Å². The smallest absolute Gasteiger partial charge is 0.290 e. The predicted molar refractivity (Wildman–Crippen MR) is 71.0 cm³/mol. The van der Waals surface area contributed by atoms with Crippen molar-refractivity contribution >= 4 is 17.7 Å². The average molecular weight is 288 g/mol. The van der Waals surface area contributed by atoms with E-state index in [2.05, 4.69) is 0 Å². The van der Waals surface area contributed by atoms with Crippen molar-refractivity contribution in [2.75, 3.05) is 6.54 Å². The van der Waals surface area contributed by atoms with Crippen molar-refractivity contribution in [1.29, 1.82) is 0 Å². The number of carbonyl (C=O) groups is 3. The Kier molecular flexibility index (Phi) is 3.80. The van der Waals surface area contributed by atoms with Gasteiger partial charge in [0.25, 0.3) is 5.91 Å². The molecule has 0 unspecified atom stereocenters. The SMILES string of the molecule is CC(=O)C1=C(O)C(=O)N(CC(=O)[O-])[C@H]1c1ccc(C)cc1. The third-order valence-corrected chi connectivity index (χ3v) is 3.38. The second kappa shape index (κ2) is 5.40. The summed E-state index contributed by atoms with van der Waals surface area (Å²) in [5.41, 5.74) is 1.45. The van der Waals surface area contributed by atoms with Crippen molar-refractivity contribution in [2.24, 2.45) is 0 Å². The van der Waals surface area contributed by atoms with Crippen LogP contribution in [-0.4, -0.2) is 34.2 Å². The minimum Gasteiger partial charge on any atom is -0.548 e. The summed E-state index contributed by atoms with van der Waals surface area (Å²) in [5, 5.41) is 20.7. The van der Waals surface area contributed by atoms with E-state index in [1.165, 1.54) is 6.92 Å². The van der Waals surface area contributed by atoms with E-state index in [0.29, 0.717) is 5.56 Å². The van der Waals surface area contributed by atoms with Crippen molar-refractivity contribution in [1.82, 2.24) is 4.90 Å². The molecule has 1 aliphatic rings. The highest BCUT2D eigenvalue weighted by atomic mass is 16.4. The third-order valence-electron chi connectivity index (χ3n) is 3.38. The van der Waals surface area contributed by atoms with Crippen LogP contribution in [0.5, 0.6) is 0 Å². The second-order valence-electron chi connectivity index (χ2n) is 4.94. The molecule has 1 heterocycles. The van der Waals surface area contributed by atoms with Crippen LogP contribution in [0.2, 0.25) is 0 Å². The molecule has 1 aliphatic heterocycles. The van der Waals surface area contributed by atoms with Crippen molar-refractivity contribution < 1.29 is 24.6 Å².